The van der Waals surface area contributed by atoms with Gasteiger partial charge in [-0.2, -0.15) is 13.2 Å². The van der Waals surface area contributed by atoms with Crippen LogP contribution in [-0.4, -0.2) is 11.3 Å². The lowest BCUT2D eigenvalue weighted by Crippen LogP contribution is -2.08. The number of aromatic amines is 1. The zero-order valence-electron chi connectivity index (χ0n) is 9.49. The summed E-state index contributed by atoms with van der Waals surface area (Å²) < 4.78 is 37.8. The molecule has 0 spiro atoms. The number of rotatable bonds is 2. The van der Waals surface area contributed by atoms with E-state index in [4.69, 9.17) is 0 Å². The number of aromatic nitrogens is 1. The number of pyridine rings is 1. The molecule has 0 saturated carbocycles. The summed E-state index contributed by atoms with van der Waals surface area (Å²) in [5.74, 6) is 0. The summed E-state index contributed by atoms with van der Waals surface area (Å²) in [4.78, 5) is 24.2. The number of aldehydes is 1. The Hall–Kier alpha value is -2.37. The highest BCUT2D eigenvalue weighted by Gasteiger charge is 2.30. The lowest BCUT2D eigenvalue weighted by molar-refractivity contribution is -0.137. The first-order chi connectivity index (χ1) is 8.91. The van der Waals surface area contributed by atoms with Crippen LogP contribution < -0.4 is 5.56 Å². The van der Waals surface area contributed by atoms with Crippen molar-refractivity contribution in [2.45, 2.75) is 6.18 Å². The quantitative estimate of drug-likeness (QED) is 0.850. The second-order valence-corrected chi connectivity index (χ2v) is 3.85. The highest BCUT2D eigenvalue weighted by molar-refractivity contribution is 5.85. The van der Waals surface area contributed by atoms with Crippen LogP contribution in [0.5, 0.6) is 0 Å². The lowest BCUT2D eigenvalue weighted by Gasteiger charge is -2.09. The molecule has 2 rings (SSSR count). The van der Waals surface area contributed by atoms with Gasteiger partial charge >= 0.3 is 6.18 Å². The molecule has 6 heteroatoms. The van der Waals surface area contributed by atoms with Crippen molar-refractivity contribution in [1.82, 2.24) is 4.98 Å². The van der Waals surface area contributed by atoms with Crippen LogP contribution in [-0.2, 0) is 6.18 Å². The molecule has 19 heavy (non-hydrogen) atoms. The van der Waals surface area contributed by atoms with Crippen LogP contribution in [0.4, 0.5) is 13.2 Å². The number of alkyl halides is 3. The molecule has 0 bridgehead atoms. The van der Waals surface area contributed by atoms with Gasteiger partial charge in [-0.25, -0.2) is 0 Å². The third kappa shape index (κ3) is 2.73. The van der Waals surface area contributed by atoms with Crippen molar-refractivity contribution in [3.63, 3.8) is 0 Å². The zero-order valence-corrected chi connectivity index (χ0v) is 9.49. The van der Waals surface area contributed by atoms with Crippen molar-refractivity contribution in [3.05, 3.63) is 58.0 Å². The number of carbonyl (C=O) groups excluding carboxylic acids is 1. The largest absolute Gasteiger partial charge is 0.416 e. The average molecular weight is 267 g/mol. The van der Waals surface area contributed by atoms with E-state index in [-0.39, 0.29) is 16.8 Å². The molecule has 0 aliphatic heterocycles. The zero-order chi connectivity index (χ0) is 14.0. The minimum atomic E-state index is -4.46. The maximum Gasteiger partial charge on any atom is 0.416 e. The summed E-state index contributed by atoms with van der Waals surface area (Å²) in [5, 5.41) is 0. The van der Waals surface area contributed by atoms with Gasteiger partial charge in [-0.3, -0.25) is 9.59 Å². The molecule has 0 unspecified atom stereocenters. The Morgan fingerprint density at radius 2 is 1.84 bits per heavy atom. The van der Waals surface area contributed by atoms with Crippen LogP contribution in [0.25, 0.3) is 11.1 Å². The van der Waals surface area contributed by atoms with E-state index in [0.29, 0.717) is 6.29 Å². The molecule has 1 N–H and O–H groups in total. The van der Waals surface area contributed by atoms with Crippen LogP contribution in [0.2, 0.25) is 0 Å². The Bertz CT molecular complexity index is 674. The lowest BCUT2D eigenvalue weighted by atomic mass is 10.0. The molecule has 1 aromatic carbocycles. The molecule has 0 aliphatic carbocycles. The SMILES string of the molecule is O=Cc1[nH]c(=O)ccc1-c1cccc(C(F)(F)F)c1. The molecular weight excluding hydrogens is 259 g/mol. The third-order valence-electron chi connectivity index (χ3n) is 2.57. The van der Waals surface area contributed by atoms with Crippen LogP contribution in [0.15, 0.2) is 41.2 Å². The van der Waals surface area contributed by atoms with Gasteiger partial charge < -0.3 is 4.98 Å². The fourth-order valence-corrected chi connectivity index (χ4v) is 1.70. The molecule has 1 heterocycles. The second-order valence-electron chi connectivity index (χ2n) is 3.85. The van der Waals surface area contributed by atoms with Gasteiger partial charge in [0.2, 0.25) is 5.56 Å². The normalized spacial score (nSPS) is 11.3. The minimum absolute atomic E-state index is 0.0492. The summed E-state index contributed by atoms with van der Waals surface area (Å²) in [6.07, 6.45) is -4.06. The molecule has 2 aromatic rings. The molecule has 0 saturated heterocycles. The van der Waals surface area contributed by atoms with Crippen LogP contribution in [0.1, 0.15) is 16.1 Å². The highest BCUT2D eigenvalue weighted by Crippen LogP contribution is 2.32. The van der Waals surface area contributed by atoms with Crippen LogP contribution in [0, 0.1) is 0 Å². The maximum atomic E-state index is 12.6. The van der Waals surface area contributed by atoms with Gasteiger partial charge in [0.25, 0.3) is 0 Å². The van der Waals surface area contributed by atoms with E-state index in [1.54, 1.807) is 0 Å². The monoisotopic (exact) mass is 267 g/mol. The fraction of sp³-hybridized carbons (Fsp3) is 0.0769. The Labute approximate surface area is 105 Å². The number of nitrogens with one attached hydrogen (secondary N) is 1. The van der Waals surface area contributed by atoms with Crippen molar-refractivity contribution in [3.8, 4) is 11.1 Å². The van der Waals surface area contributed by atoms with Crippen LogP contribution >= 0.6 is 0 Å². The van der Waals surface area contributed by atoms with E-state index in [1.807, 2.05) is 0 Å². The van der Waals surface area contributed by atoms with E-state index in [1.165, 1.54) is 18.2 Å². The first-order valence-corrected chi connectivity index (χ1v) is 5.28. The van der Waals surface area contributed by atoms with E-state index < -0.39 is 17.3 Å². The Kier molecular flexibility index (Phi) is 3.25. The van der Waals surface area contributed by atoms with Gasteiger partial charge in [0, 0.05) is 11.6 Å². The van der Waals surface area contributed by atoms with Gasteiger partial charge in [0.05, 0.1) is 11.3 Å². The van der Waals surface area contributed by atoms with Gasteiger partial charge in [-0.1, -0.05) is 12.1 Å². The van der Waals surface area contributed by atoms with E-state index in [0.717, 1.165) is 18.2 Å². The summed E-state index contributed by atoms with van der Waals surface area (Å²) in [5.41, 5.74) is -0.883. The third-order valence-corrected chi connectivity index (χ3v) is 2.57. The molecule has 0 amide bonds. The topological polar surface area (TPSA) is 49.9 Å². The Morgan fingerprint density at radius 1 is 1.11 bits per heavy atom. The van der Waals surface area contributed by atoms with E-state index in [9.17, 15) is 22.8 Å². The molecule has 3 nitrogen and oxygen atoms in total. The Morgan fingerprint density at radius 3 is 2.47 bits per heavy atom. The fourth-order valence-electron chi connectivity index (χ4n) is 1.70. The van der Waals surface area contributed by atoms with E-state index >= 15 is 0 Å². The molecule has 98 valence electrons. The summed E-state index contributed by atoms with van der Waals surface area (Å²) in [6.45, 7) is 0. The number of hydrogen-bond acceptors (Lipinski definition) is 2. The second kappa shape index (κ2) is 4.72. The Balaban J connectivity index is 2.60. The molecule has 0 atom stereocenters. The summed E-state index contributed by atoms with van der Waals surface area (Å²) in [6, 6.07) is 7.03. The number of halogens is 3. The number of benzene rings is 1. The van der Waals surface area contributed by atoms with Crippen molar-refractivity contribution in [2.75, 3.05) is 0 Å². The average Bonchev–Trinajstić information content (AvgIpc) is 2.37. The van der Waals surface area contributed by atoms with Crippen molar-refractivity contribution in [1.29, 1.82) is 0 Å². The van der Waals surface area contributed by atoms with E-state index in [2.05, 4.69) is 4.98 Å². The molecule has 1 aromatic heterocycles. The van der Waals surface area contributed by atoms with Crippen molar-refractivity contribution in [2.24, 2.45) is 0 Å². The first-order valence-electron chi connectivity index (χ1n) is 5.28. The van der Waals surface area contributed by atoms with Gasteiger partial charge in [-0.15, -0.1) is 0 Å². The predicted molar refractivity (Wildman–Crippen MR) is 62.9 cm³/mol. The highest BCUT2D eigenvalue weighted by atomic mass is 19.4. The summed E-state index contributed by atoms with van der Waals surface area (Å²) >= 11 is 0. The minimum Gasteiger partial charge on any atom is -0.319 e. The van der Waals surface area contributed by atoms with Crippen molar-refractivity contribution >= 4 is 6.29 Å². The summed E-state index contributed by atoms with van der Waals surface area (Å²) in [7, 11) is 0. The standard InChI is InChI=1S/C13H8F3NO2/c14-13(15,16)9-3-1-2-8(6-9)10-4-5-12(19)17-11(10)7-18/h1-7H,(H,17,19). The van der Waals surface area contributed by atoms with Gasteiger partial charge in [0.1, 0.15) is 0 Å². The smallest absolute Gasteiger partial charge is 0.319 e. The molecule has 0 radical (unpaired) electrons. The number of carbonyl (C=O) groups is 1. The molecular formula is C13H8F3NO2. The predicted octanol–water partition coefficient (Wildman–Crippen LogP) is 2.87. The number of hydrogen-bond donors (Lipinski definition) is 1. The van der Waals surface area contributed by atoms with Crippen LogP contribution in [0.3, 0.4) is 0 Å². The maximum absolute atomic E-state index is 12.6. The first kappa shape index (κ1) is 13.1. The van der Waals surface area contributed by atoms with Gasteiger partial charge in [0.15, 0.2) is 6.29 Å². The molecule has 0 fully saturated rings. The molecule has 0 aliphatic rings. The van der Waals surface area contributed by atoms with Crippen molar-refractivity contribution < 1.29 is 18.0 Å². The van der Waals surface area contributed by atoms with Gasteiger partial charge in [-0.05, 0) is 23.8 Å². The number of H-pyrrole nitrogens is 1.